The molecular weight excluding hydrogens is 426 g/mol. The van der Waals surface area contributed by atoms with Crippen LogP contribution in [0.2, 0.25) is 5.02 Å². The van der Waals surface area contributed by atoms with Crippen molar-refractivity contribution >= 4 is 38.3 Å². The zero-order valence-electron chi connectivity index (χ0n) is 16.7. The van der Waals surface area contributed by atoms with E-state index in [0.717, 1.165) is 10.9 Å². The molecule has 1 amide bonds. The van der Waals surface area contributed by atoms with Crippen LogP contribution in [0.3, 0.4) is 0 Å². The Morgan fingerprint density at radius 3 is 2.60 bits per heavy atom. The van der Waals surface area contributed by atoms with Crippen LogP contribution in [-0.2, 0) is 16.4 Å². The lowest BCUT2D eigenvalue weighted by Crippen LogP contribution is -2.40. The highest BCUT2D eigenvalue weighted by Crippen LogP contribution is 2.31. The quantitative estimate of drug-likeness (QED) is 0.584. The Hall–Kier alpha value is -2.51. The van der Waals surface area contributed by atoms with Crippen molar-refractivity contribution in [1.82, 2.24) is 4.90 Å². The van der Waals surface area contributed by atoms with Gasteiger partial charge in [-0.2, -0.15) is 0 Å². The van der Waals surface area contributed by atoms with Gasteiger partial charge < -0.3 is 14.1 Å². The predicted molar refractivity (Wildman–Crippen MR) is 116 cm³/mol. The van der Waals surface area contributed by atoms with Crippen molar-refractivity contribution in [2.24, 2.45) is 0 Å². The minimum atomic E-state index is -3.16. The maximum atomic E-state index is 13.5. The zero-order chi connectivity index (χ0) is 21.5. The minimum absolute atomic E-state index is 0.0417. The van der Waals surface area contributed by atoms with Crippen LogP contribution in [0, 0.1) is 6.92 Å². The monoisotopic (exact) mass is 447 g/mol. The number of nitrogens with zero attached hydrogens (tertiary/aromatic N) is 1. The van der Waals surface area contributed by atoms with E-state index in [0.29, 0.717) is 28.3 Å². The first-order chi connectivity index (χ1) is 14.3. The van der Waals surface area contributed by atoms with Crippen LogP contribution < -0.4 is 4.74 Å². The molecule has 0 unspecified atom stereocenters. The Bertz CT molecular complexity index is 1200. The van der Waals surface area contributed by atoms with E-state index in [4.69, 9.17) is 20.8 Å². The van der Waals surface area contributed by atoms with Crippen molar-refractivity contribution < 1.29 is 22.4 Å². The molecule has 1 aliphatic rings. The average molecular weight is 448 g/mol. The number of rotatable bonds is 5. The third kappa shape index (κ3) is 4.04. The summed E-state index contributed by atoms with van der Waals surface area (Å²) in [4.78, 5) is 15.1. The highest BCUT2D eigenvalue weighted by molar-refractivity contribution is 7.91. The van der Waals surface area contributed by atoms with Gasteiger partial charge in [0.25, 0.3) is 5.91 Å². The molecule has 1 atom stereocenters. The number of hydrogen-bond donors (Lipinski definition) is 0. The fourth-order valence-electron chi connectivity index (χ4n) is 3.84. The van der Waals surface area contributed by atoms with Gasteiger partial charge in [-0.05, 0) is 49.2 Å². The smallest absolute Gasteiger partial charge is 0.290 e. The third-order valence-corrected chi connectivity index (χ3v) is 7.50. The van der Waals surface area contributed by atoms with E-state index in [9.17, 15) is 13.2 Å². The largest absolute Gasteiger partial charge is 0.497 e. The highest BCUT2D eigenvalue weighted by Gasteiger charge is 2.36. The molecule has 0 bridgehead atoms. The number of methoxy groups -OCH3 is 1. The fraction of sp³-hybridized carbons (Fsp3) is 0.318. The molecule has 30 heavy (non-hydrogen) atoms. The first kappa shape index (κ1) is 20.8. The van der Waals surface area contributed by atoms with E-state index in [1.165, 1.54) is 0 Å². The summed E-state index contributed by atoms with van der Waals surface area (Å²) in [6.07, 6.45) is 0.412. The third-order valence-electron chi connectivity index (χ3n) is 5.51. The van der Waals surface area contributed by atoms with Crippen LogP contribution in [0.4, 0.5) is 0 Å². The van der Waals surface area contributed by atoms with Gasteiger partial charge in [0.2, 0.25) is 0 Å². The second-order valence-electron chi connectivity index (χ2n) is 7.53. The summed E-state index contributed by atoms with van der Waals surface area (Å²) in [5.41, 5.74) is 2.15. The van der Waals surface area contributed by atoms with Crippen molar-refractivity contribution in [3.05, 3.63) is 64.4 Å². The Morgan fingerprint density at radius 1 is 1.23 bits per heavy atom. The van der Waals surface area contributed by atoms with Crippen molar-refractivity contribution in [3.8, 4) is 5.75 Å². The molecule has 0 aliphatic carbocycles. The number of amides is 1. The van der Waals surface area contributed by atoms with E-state index < -0.39 is 15.9 Å². The summed E-state index contributed by atoms with van der Waals surface area (Å²) in [5.74, 6) is 0.645. The average Bonchev–Trinajstić information content (AvgIpc) is 3.25. The molecule has 1 aliphatic heterocycles. The van der Waals surface area contributed by atoms with Gasteiger partial charge in [-0.15, -0.1) is 0 Å². The number of ether oxygens (including phenoxy) is 1. The van der Waals surface area contributed by atoms with Gasteiger partial charge in [0, 0.05) is 28.6 Å². The molecular formula is C22H22ClNO5S. The Balaban J connectivity index is 1.71. The lowest BCUT2D eigenvalue weighted by atomic mass is 10.1. The van der Waals surface area contributed by atoms with E-state index >= 15 is 0 Å². The summed E-state index contributed by atoms with van der Waals surface area (Å²) < 4.78 is 35.2. The van der Waals surface area contributed by atoms with Gasteiger partial charge in [0.15, 0.2) is 15.6 Å². The SMILES string of the molecule is COc1ccc(CN(C(=O)c2oc3ccc(Cl)cc3c2C)[C@H]2CCS(=O)(=O)C2)cc1. The number of carbonyl (C=O) groups excluding carboxylic acids is 1. The first-order valence-corrected chi connectivity index (χ1v) is 11.8. The summed E-state index contributed by atoms with van der Waals surface area (Å²) in [6, 6.07) is 12.2. The van der Waals surface area contributed by atoms with Gasteiger partial charge in [-0.3, -0.25) is 4.79 Å². The van der Waals surface area contributed by atoms with Crippen LogP contribution in [-0.4, -0.2) is 43.9 Å². The summed E-state index contributed by atoms with van der Waals surface area (Å²) in [7, 11) is -1.57. The molecule has 0 radical (unpaired) electrons. The number of benzene rings is 2. The molecule has 158 valence electrons. The van der Waals surface area contributed by atoms with E-state index in [1.54, 1.807) is 30.2 Å². The minimum Gasteiger partial charge on any atom is -0.497 e. The molecule has 0 N–H and O–H groups in total. The number of furan rings is 1. The second kappa shape index (κ2) is 7.96. The molecule has 1 aromatic heterocycles. The predicted octanol–water partition coefficient (Wildman–Crippen LogP) is 4.23. The Morgan fingerprint density at radius 2 is 1.97 bits per heavy atom. The molecule has 2 aromatic carbocycles. The molecule has 4 rings (SSSR count). The van der Waals surface area contributed by atoms with Gasteiger partial charge in [-0.25, -0.2) is 8.42 Å². The molecule has 6 nitrogen and oxygen atoms in total. The van der Waals surface area contributed by atoms with Crippen molar-refractivity contribution in [1.29, 1.82) is 0 Å². The number of carbonyl (C=O) groups is 1. The zero-order valence-corrected chi connectivity index (χ0v) is 18.3. The summed E-state index contributed by atoms with van der Waals surface area (Å²) in [6.45, 7) is 2.09. The summed E-state index contributed by atoms with van der Waals surface area (Å²) >= 11 is 6.10. The first-order valence-electron chi connectivity index (χ1n) is 9.60. The Kier molecular flexibility index (Phi) is 5.51. The van der Waals surface area contributed by atoms with Crippen molar-refractivity contribution in [2.45, 2.75) is 25.9 Å². The van der Waals surface area contributed by atoms with E-state index in [-0.39, 0.29) is 29.7 Å². The number of aryl methyl sites for hydroxylation is 1. The molecule has 2 heterocycles. The number of fused-ring (bicyclic) bond motifs is 1. The normalized spacial score (nSPS) is 17.9. The van der Waals surface area contributed by atoms with Crippen LogP contribution in [0.25, 0.3) is 11.0 Å². The lowest BCUT2D eigenvalue weighted by molar-refractivity contribution is 0.0649. The number of sulfone groups is 1. The van der Waals surface area contributed by atoms with E-state index in [2.05, 4.69) is 0 Å². The van der Waals surface area contributed by atoms with Gasteiger partial charge in [0.05, 0.1) is 18.6 Å². The van der Waals surface area contributed by atoms with Crippen molar-refractivity contribution in [2.75, 3.05) is 18.6 Å². The molecule has 0 spiro atoms. The van der Waals surface area contributed by atoms with Crippen LogP contribution in [0.1, 0.15) is 28.1 Å². The molecule has 1 fully saturated rings. The molecule has 0 saturated carbocycles. The van der Waals surface area contributed by atoms with Crippen LogP contribution >= 0.6 is 11.6 Å². The molecule has 8 heteroatoms. The second-order valence-corrected chi connectivity index (χ2v) is 10.2. The highest BCUT2D eigenvalue weighted by atomic mass is 35.5. The summed E-state index contributed by atoms with van der Waals surface area (Å²) in [5, 5.41) is 1.33. The lowest BCUT2D eigenvalue weighted by Gasteiger charge is -2.28. The number of hydrogen-bond acceptors (Lipinski definition) is 5. The standard InChI is InChI=1S/C22H22ClNO5S/c1-14-19-11-16(23)5-8-20(19)29-21(14)22(25)24(17-9-10-30(26,27)13-17)12-15-3-6-18(28-2)7-4-15/h3-8,11,17H,9-10,12-13H2,1-2H3/t17-/m0/s1. The van der Waals surface area contributed by atoms with Crippen molar-refractivity contribution in [3.63, 3.8) is 0 Å². The number of halogens is 1. The van der Waals surface area contributed by atoms with Gasteiger partial charge >= 0.3 is 0 Å². The van der Waals surface area contributed by atoms with Crippen LogP contribution in [0.15, 0.2) is 46.9 Å². The molecule has 3 aromatic rings. The Labute approximate surface area is 180 Å². The maximum absolute atomic E-state index is 13.5. The molecule has 1 saturated heterocycles. The van der Waals surface area contributed by atoms with Crippen LogP contribution in [0.5, 0.6) is 5.75 Å². The van der Waals surface area contributed by atoms with E-state index in [1.807, 2.05) is 31.2 Å². The fourth-order valence-corrected chi connectivity index (χ4v) is 5.75. The topological polar surface area (TPSA) is 76.8 Å². The maximum Gasteiger partial charge on any atom is 0.290 e. The van der Waals surface area contributed by atoms with Gasteiger partial charge in [-0.1, -0.05) is 23.7 Å². The van der Waals surface area contributed by atoms with Gasteiger partial charge in [0.1, 0.15) is 11.3 Å².